The van der Waals surface area contributed by atoms with E-state index in [0.717, 1.165) is 24.1 Å². The van der Waals surface area contributed by atoms with Crippen molar-refractivity contribution in [2.75, 3.05) is 11.6 Å². The lowest BCUT2D eigenvalue weighted by atomic mass is 10.2. The lowest BCUT2D eigenvalue weighted by Crippen LogP contribution is -2.44. The van der Waals surface area contributed by atoms with Gasteiger partial charge in [-0.05, 0) is 31.4 Å². The van der Waals surface area contributed by atoms with Gasteiger partial charge in [0.25, 0.3) is 0 Å². The quantitative estimate of drug-likeness (QED) is 0.849. The van der Waals surface area contributed by atoms with Gasteiger partial charge in [0.15, 0.2) is 0 Å². The van der Waals surface area contributed by atoms with Crippen LogP contribution in [0.4, 0.5) is 5.69 Å². The maximum atomic E-state index is 12.0. The first kappa shape index (κ1) is 11.3. The first-order valence-corrected chi connectivity index (χ1v) is 7.42. The number of benzene rings is 1. The Labute approximate surface area is 106 Å². The third-order valence-electron chi connectivity index (χ3n) is 3.26. The molecule has 0 atom stereocenters. The zero-order valence-electron chi connectivity index (χ0n) is 9.40. The number of anilines is 1. The second kappa shape index (κ2) is 3.60. The highest BCUT2D eigenvalue weighted by molar-refractivity contribution is 7.89. The summed E-state index contributed by atoms with van der Waals surface area (Å²) in [6, 6.07) is 4.18. The molecule has 2 aliphatic rings. The largest absolute Gasteiger partial charge is 0.354 e. The van der Waals surface area contributed by atoms with Crippen LogP contribution in [0.25, 0.3) is 0 Å². The van der Waals surface area contributed by atoms with E-state index in [1.54, 1.807) is 0 Å². The van der Waals surface area contributed by atoms with E-state index in [1.807, 2.05) is 19.1 Å². The van der Waals surface area contributed by atoms with E-state index in [4.69, 9.17) is 11.6 Å². The second-order valence-corrected chi connectivity index (χ2v) is 6.63. The number of hydrogen-bond donors (Lipinski definition) is 1. The maximum Gasteiger partial charge on any atom is 0.245 e. The van der Waals surface area contributed by atoms with Crippen LogP contribution in [-0.4, -0.2) is 21.1 Å². The molecule has 1 fully saturated rings. The number of nitrogens with one attached hydrogen (secondary N) is 1. The second-order valence-electron chi connectivity index (χ2n) is 4.55. The van der Waals surface area contributed by atoms with Crippen molar-refractivity contribution >= 4 is 27.3 Å². The van der Waals surface area contributed by atoms with Gasteiger partial charge in [0.2, 0.25) is 10.0 Å². The van der Waals surface area contributed by atoms with E-state index in [9.17, 15) is 8.42 Å². The van der Waals surface area contributed by atoms with Gasteiger partial charge in [-0.1, -0.05) is 17.7 Å². The van der Waals surface area contributed by atoms with Crippen LogP contribution in [0.5, 0.6) is 0 Å². The Hall–Kier alpha value is -0.780. The molecule has 3 rings (SSSR count). The summed E-state index contributed by atoms with van der Waals surface area (Å²) in [5.74, 6) is 0. The summed E-state index contributed by atoms with van der Waals surface area (Å²) in [7, 11) is -3.46. The van der Waals surface area contributed by atoms with Gasteiger partial charge in [-0.25, -0.2) is 8.42 Å². The Balaban J connectivity index is 2.24. The van der Waals surface area contributed by atoms with E-state index >= 15 is 0 Å². The Morgan fingerprint density at radius 1 is 1.41 bits per heavy atom. The van der Waals surface area contributed by atoms with Gasteiger partial charge in [0, 0.05) is 6.04 Å². The number of nitrogens with zero attached hydrogens (tertiary/aromatic N) is 1. The zero-order chi connectivity index (χ0) is 12.2. The van der Waals surface area contributed by atoms with Crippen molar-refractivity contribution in [3.05, 3.63) is 22.7 Å². The minimum absolute atomic E-state index is 0.234. The molecule has 17 heavy (non-hydrogen) atoms. The molecule has 0 aromatic heterocycles. The lowest BCUT2D eigenvalue weighted by molar-refractivity contribution is 0.570. The van der Waals surface area contributed by atoms with E-state index in [2.05, 4.69) is 9.62 Å². The highest BCUT2D eigenvalue weighted by atomic mass is 35.5. The van der Waals surface area contributed by atoms with Gasteiger partial charge >= 0.3 is 0 Å². The molecule has 0 amide bonds. The van der Waals surface area contributed by atoms with Crippen molar-refractivity contribution in [1.82, 2.24) is 4.72 Å². The third kappa shape index (κ3) is 1.73. The average Bonchev–Trinajstić information content (AvgIpc) is 3.06. The number of rotatable bonds is 1. The summed E-state index contributed by atoms with van der Waals surface area (Å²) in [6.45, 7) is 2.16. The molecule has 1 aromatic rings. The molecule has 92 valence electrons. The smallest absolute Gasteiger partial charge is 0.245 e. The molecule has 1 aliphatic heterocycles. The molecule has 0 unspecified atom stereocenters. The predicted molar refractivity (Wildman–Crippen MR) is 66.9 cm³/mol. The fourth-order valence-corrected chi connectivity index (χ4v) is 3.93. The average molecular weight is 273 g/mol. The van der Waals surface area contributed by atoms with E-state index in [0.29, 0.717) is 17.7 Å². The highest BCUT2D eigenvalue weighted by Gasteiger charge is 2.38. The third-order valence-corrected chi connectivity index (χ3v) is 5.32. The molecule has 1 saturated carbocycles. The molecule has 6 heteroatoms. The van der Waals surface area contributed by atoms with Crippen LogP contribution in [0.15, 0.2) is 17.0 Å². The number of sulfonamides is 1. The van der Waals surface area contributed by atoms with Crippen LogP contribution < -0.4 is 9.62 Å². The highest BCUT2D eigenvalue weighted by Crippen LogP contribution is 2.41. The van der Waals surface area contributed by atoms with Crippen LogP contribution in [0.1, 0.15) is 18.4 Å². The Kier molecular flexibility index (Phi) is 2.40. The molecule has 1 aromatic carbocycles. The topological polar surface area (TPSA) is 49.4 Å². The lowest BCUT2D eigenvalue weighted by Gasteiger charge is -2.32. The van der Waals surface area contributed by atoms with Crippen LogP contribution >= 0.6 is 11.6 Å². The van der Waals surface area contributed by atoms with E-state index in [1.165, 1.54) is 0 Å². The molecule has 1 heterocycles. The Bertz CT molecular complexity index is 581. The molecule has 0 radical (unpaired) electrons. The normalized spacial score (nSPS) is 22.4. The van der Waals surface area contributed by atoms with Gasteiger partial charge in [-0.15, -0.1) is 0 Å². The van der Waals surface area contributed by atoms with Crippen LogP contribution in [-0.2, 0) is 10.0 Å². The zero-order valence-corrected chi connectivity index (χ0v) is 11.0. The SMILES string of the molecule is Cc1ccc2c(c1Cl)S(=O)(=O)NCN2C1CC1. The fraction of sp³-hybridized carbons (Fsp3) is 0.455. The Morgan fingerprint density at radius 2 is 2.12 bits per heavy atom. The van der Waals surface area contributed by atoms with Gasteiger partial charge in [-0.2, -0.15) is 4.72 Å². The molecule has 0 bridgehead atoms. The minimum atomic E-state index is -3.46. The van der Waals surface area contributed by atoms with Gasteiger partial charge in [0.05, 0.1) is 17.4 Å². The molecule has 0 saturated heterocycles. The molecular formula is C11H13ClN2O2S. The van der Waals surface area contributed by atoms with Gasteiger partial charge in [-0.3, -0.25) is 0 Å². The summed E-state index contributed by atoms with van der Waals surface area (Å²) in [5.41, 5.74) is 1.52. The summed E-state index contributed by atoms with van der Waals surface area (Å²) in [4.78, 5) is 2.32. The van der Waals surface area contributed by atoms with E-state index < -0.39 is 10.0 Å². The minimum Gasteiger partial charge on any atom is -0.354 e. The van der Waals surface area contributed by atoms with Gasteiger partial charge in [0.1, 0.15) is 4.90 Å². The first-order chi connectivity index (χ1) is 8.00. The number of fused-ring (bicyclic) bond motifs is 1. The maximum absolute atomic E-state index is 12.0. The molecule has 1 N–H and O–H groups in total. The fourth-order valence-electron chi connectivity index (χ4n) is 2.15. The van der Waals surface area contributed by atoms with Crippen molar-refractivity contribution in [2.45, 2.75) is 30.7 Å². The number of hydrogen-bond acceptors (Lipinski definition) is 3. The van der Waals surface area contributed by atoms with Gasteiger partial charge < -0.3 is 4.90 Å². The predicted octanol–water partition coefficient (Wildman–Crippen LogP) is 1.87. The van der Waals surface area contributed by atoms with Crippen molar-refractivity contribution in [3.8, 4) is 0 Å². The standard InChI is InChI=1S/C11H13ClN2O2S/c1-7-2-5-9-11(10(7)12)17(15,16)13-6-14(9)8-3-4-8/h2,5,8,13H,3-4,6H2,1H3. The molecule has 1 aliphatic carbocycles. The van der Waals surface area contributed by atoms with Crippen LogP contribution in [0.3, 0.4) is 0 Å². The van der Waals surface area contributed by atoms with Crippen LogP contribution in [0.2, 0.25) is 5.02 Å². The van der Waals surface area contributed by atoms with E-state index in [-0.39, 0.29) is 4.90 Å². The summed E-state index contributed by atoms with van der Waals surface area (Å²) in [5, 5.41) is 0.334. The first-order valence-electron chi connectivity index (χ1n) is 5.56. The summed E-state index contributed by atoms with van der Waals surface area (Å²) >= 11 is 6.14. The molecular weight excluding hydrogens is 260 g/mol. The number of aryl methyl sites for hydroxylation is 1. The number of halogens is 1. The monoisotopic (exact) mass is 272 g/mol. The van der Waals surface area contributed by atoms with Crippen molar-refractivity contribution in [1.29, 1.82) is 0 Å². The van der Waals surface area contributed by atoms with Crippen LogP contribution in [0, 0.1) is 6.92 Å². The summed E-state index contributed by atoms with van der Waals surface area (Å²) in [6.07, 6.45) is 2.24. The Morgan fingerprint density at radius 3 is 2.76 bits per heavy atom. The van der Waals surface area contributed by atoms with Crippen molar-refractivity contribution < 1.29 is 8.42 Å². The van der Waals surface area contributed by atoms with Crippen molar-refractivity contribution in [3.63, 3.8) is 0 Å². The molecule has 0 spiro atoms. The van der Waals surface area contributed by atoms with Crippen molar-refractivity contribution in [2.24, 2.45) is 0 Å². The molecule has 4 nitrogen and oxygen atoms in total. The summed E-state index contributed by atoms with van der Waals surface area (Å²) < 4.78 is 26.6.